The lowest BCUT2D eigenvalue weighted by Gasteiger charge is -2.40. The van der Waals surface area contributed by atoms with E-state index in [4.69, 9.17) is 0 Å². The summed E-state index contributed by atoms with van der Waals surface area (Å²) in [5.74, 6) is -0.129. The number of nitrogens with zero attached hydrogens (tertiary/aromatic N) is 3. The molecule has 0 amide bonds. The smallest absolute Gasteiger partial charge is 0.128 e. The van der Waals surface area contributed by atoms with Crippen LogP contribution in [-0.2, 0) is 13.1 Å². The average Bonchev–Trinajstić information content (AvgIpc) is 2.64. The lowest BCUT2D eigenvalue weighted by molar-refractivity contribution is 0.307. The Balaban J connectivity index is 1.67. The zero-order valence-electron chi connectivity index (χ0n) is 14.7. The molecule has 1 fully saturated rings. The van der Waals surface area contributed by atoms with Gasteiger partial charge in [-0.1, -0.05) is 24.3 Å². The molecule has 2 aromatic carbocycles. The summed E-state index contributed by atoms with van der Waals surface area (Å²) in [6.07, 6.45) is 0. The minimum absolute atomic E-state index is 0.129. The summed E-state index contributed by atoms with van der Waals surface area (Å²) in [6, 6.07) is 13.6. The van der Waals surface area contributed by atoms with Crippen LogP contribution in [0.3, 0.4) is 0 Å². The van der Waals surface area contributed by atoms with Crippen LogP contribution in [0.2, 0.25) is 0 Å². The first-order valence-corrected chi connectivity index (χ1v) is 8.97. The largest absolute Gasteiger partial charge is 0.369 e. The Kier molecular flexibility index (Phi) is 4.59. The fourth-order valence-corrected chi connectivity index (χ4v) is 3.88. The molecule has 1 saturated heterocycles. The van der Waals surface area contributed by atoms with Gasteiger partial charge in [0.15, 0.2) is 0 Å². The number of hydrogen-bond acceptors (Lipinski definition) is 4. The number of nitrogens with one attached hydrogen (secondary N) is 1. The molecule has 2 aromatic rings. The Bertz CT molecular complexity index is 742. The van der Waals surface area contributed by atoms with Crippen LogP contribution in [0.1, 0.15) is 11.1 Å². The van der Waals surface area contributed by atoms with E-state index >= 15 is 0 Å². The highest BCUT2D eigenvalue weighted by molar-refractivity contribution is 5.69. The van der Waals surface area contributed by atoms with E-state index in [9.17, 15) is 4.39 Å². The first kappa shape index (κ1) is 16.4. The van der Waals surface area contributed by atoms with Gasteiger partial charge < -0.3 is 15.1 Å². The maximum absolute atomic E-state index is 14.1. The number of benzene rings is 2. The Hall–Kier alpha value is -2.11. The Morgan fingerprint density at radius 1 is 1.00 bits per heavy atom. The SMILES string of the molecule is CN1Cc2c(N3CCNCC3)cccc2N(Cc2ccccc2F)C1. The standard InChI is InChI=1S/C20H25FN4/c1-23-14-17-19(24-11-9-22-10-12-24)7-4-8-20(17)25(15-23)13-16-5-2-3-6-18(16)21/h2-8,22H,9-15H2,1H3. The molecule has 132 valence electrons. The van der Waals surface area contributed by atoms with E-state index in [2.05, 4.69) is 45.3 Å². The normalized spacial score (nSPS) is 18.3. The molecule has 2 aliphatic rings. The Labute approximate surface area is 148 Å². The summed E-state index contributed by atoms with van der Waals surface area (Å²) >= 11 is 0. The number of piperazine rings is 1. The summed E-state index contributed by atoms with van der Waals surface area (Å²) in [7, 11) is 2.13. The van der Waals surface area contributed by atoms with E-state index in [1.807, 2.05) is 12.1 Å². The van der Waals surface area contributed by atoms with E-state index < -0.39 is 0 Å². The van der Waals surface area contributed by atoms with E-state index in [1.165, 1.54) is 16.9 Å². The fourth-order valence-electron chi connectivity index (χ4n) is 3.88. The van der Waals surface area contributed by atoms with Gasteiger partial charge in [0.1, 0.15) is 5.82 Å². The van der Waals surface area contributed by atoms with Crippen LogP contribution in [-0.4, -0.2) is 44.8 Å². The van der Waals surface area contributed by atoms with Gasteiger partial charge >= 0.3 is 0 Å². The number of anilines is 2. The van der Waals surface area contributed by atoms with Gasteiger partial charge in [0.05, 0.1) is 6.67 Å². The molecule has 1 N–H and O–H groups in total. The van der Waals surface area contributed by atoms with Crippen LogP contribution in [0.25, 0.3) is 0 Å². The van der Waals surface area contributed by atoms with Crippen LogP contribution in [0.5, 0.6) is 0 Å². The van der Waals surface area contributed by atoms with Gasteiger partial charge in [-0.05, 0) is 25.2 Å². The van der Waals surface area contributed by atoms with Gasteiger partial charge in [0.25, 0.3) is 0 Å². The van der Waals surface area contributed by atoms with Crippen molar-refractivity contribution in [3.63, 3.8) is 0 Å². The van der Waals surface area contributed by atoms with Gasteiger partial charge in [-0.25, -0.2) is 4.39 Å². The van der Waals surface area contributed by atoms with E-state index in [0.717, 1.165) is 45.0 Å². The summed E-state index contributed by atoms with van der Waals surface area (Å²) in [4.78, 5) is 7.05. The van der Waals surface area contributed by atoms with Gasteiger partial charge in [-0.2, -0.15) is 0 Å². The highest BCUT2D eigenvalue weighted by Crippen LogP contribution is 2.35. The second kappa shape index (κ2) is 7.02. The molecule has 0 radical (unpaired) electrons. The average molecular weight is 340 g/mol. The Morgan fingerprint density at radius 3 is 2.56 bits per heavy atom. The topological polar surface area (TPSA) is 21.8 Å². The van der Waals surface area contributed by atoms with E-state index in [0.29, 0.717) is 6.54 Å². The third-order valence-electron chi connectivity index (χ3n) is 5.08. The molecule has 5 heteroatoms. The lowest BCUT2D eigenvalue weighted by Crippen LogP contribution is -2.45. The zero-order chi connectivity index (χ0) is 17.2. The van der Waals surface area contributed by atoms with Crippen LogP contribution < -0.4 is 15.1 Å². The Morgan fingerprint density at radius 2 is 1.76 bits per heavy atom. The summed E-state index contributed by atoms with van der Waals surface area (Å²) < 4.78 is 14.1. The van der Waals surface area contributed by atoms with Crippen LogP contribution >= 0.6 is 0 Å². The molecule has 0 aromatic heterocycles. The summed E-state index contributed by atoms with van der Waals surface area (Å²) in [6.45, 7) is 6.46. The molecule has 0 atom stereocenters. The molecule has 4 nitrogen and oxygen atoms in total. The van der Waals surface area contributed by atoms with Gasteiger partial charge in [-0.15, -0.1) is 0 Å². The molecule has 0 aliphatic carbocycles. The summed E-state index contributed by atoms with van der Waals surface area (Å²) in [5.41, 5.74) is 4.66. The van der Waals surface area contributed by atoms with Gasteiger partial charge in [0.2, 0.25) is 0 Å². The van der Waals surface area contributed by atoms with Crippen molar-refractivity contribution in [3.05, 3.63) is 59.4 Å². The van der Waals surface area contributed by atoms with Crippen molar-refractivity contribution in [2.45, 2.75) is 13.1 Å². The highest BCUT2D eigenvalue weighted by Gasteiger charge is 2.25. The molecular weight excluding hydrogens is 315 g/mol. The first-order chi connectivity index (χ1) is 12.2. The third-order valence-corrected chi connectivity index (χ3v) is 5.08. The van der Waals surface area contributed by atoms with Crippen molar-refractivity contribution < 1.29 is 4.39 Å². The number of hydrogen-bond donors (Lipinski definition) is 1. The highest BCUT2D eigenvalue weighted by atomic mass is 19.1. The lowest BCUT2D eigenvalue weighted by atomic mass is 10.0. The van der Waals surface area contributed by atoms with Crippen molar-refractivity contribution in [2.75, 3.05) is 49.7 Å². The molecular formula is C20H25FN4. The second-order valence-electron chi connectivity index (χ2n) is 6.96. The van der Waals surface area contributed by atoms with Gasteiger partial charge in [-0.3, -0.25) is 4.90 Å². The number of rotatable bonds is 3. The molecule has 2 heterocycles. The minimum Gasteiger partial charge on any atom is -0.369 e. The quantitative estimate of drug-likeness (QED) is 0.927. The molecule has 0 saturated carbocycles. The van der Waals surface area contributed by atoms with Crippen LogP contribution in [0.4, 0.5) is 15.8 Å². The number of halogens is 1. The van der Waals surface area contributed by atoms with Crippen LogP contribution in [0, 0.1) is 5.82 Å². The molecule has 25 heavy (non-hydrogen) atoms. The monoisotopic (exact) mass is 340 g/mol. The molecule has 0 spiro atoms. The van der Waals surface area contributed by atoms with Crippen molar-refractivity contribution in [3.8, 4) is 0 Å². The van der Waals surface area contributed by atoms with Crippen molar-refractivity contribution >= 4 is 11.4 Å². The summed E-state index contributed by atoms with van der Waals surface area (Å²) in [5, 5.41) is 3.42. The third kappa shape index (κ3) is 3.34. The molecule has 0 unspecified atom stereocenters. The molecule has 4 rings (SSSR count). The van der Waals surface area contributed by atoms with E-state index in [-0.39, 0.29) is 5.82 Å². The molecule has 2 aliphatic heterocycles. The van der Waals surface area contributed by atoms with Crippen molar-refractivity contribution in [1.29, 1.82) is 0 Å². The first-order valence-electron chi connectivity index (χ1n) is 8.97. The van der Waals surface area contributed by atoms with Crippen LogP contribution in [0.15, 0.2) is 42.5 Å². The van der Waals surface area contributed by atoms with Crippen molar-refractivity contribution in [2.24, 2.45) is 0 Å². The predicted octanol–water partition coefficient (Wildman–Crippen LogP) is 2.64. The van der Waals surface area contributed by atoms with E-state index in [1.54, 1.807) is 12.1 Å². The second-order valence-corrected chi connectivity index (χ2v) is 6.96. The molecule has 0 bridgehead atoms. The fraction of sp³-hybridized carbons (Fsp3) is 0.400. The number of fused-ring (bicyclic) bond motifs is 1. The van der Waals surface area contributed by atoms with Gasteiger partial charge in [0, 0.05) is 61.8 Å². The maximum atomic E-state index is 14.1. The maximum Gasteiger partial charge on any atom is 0.128 e. The minimum atomic E-state index is -0.129. The zero-order valence-corrected chi connectivity index (χ0v) is 14.7. The van der Waals surface area contributed by atoms with Crippen molar-refractivity contribution in [1.82, 2.24) is 10.2 Å². The predicted molar refractivity (Wildman–Crippen MR) is 100 cm³/mol.